The van der Waals surface area contributed by atoms with Crippen molar-refractivity contribution in [3.05, 3.63) is 134 Å². The average molecular weight is 708 g/mol. The molecule has 6 rings (SSSR count). The van der Waals surface area contributed by atoms with Gasteiger partial charge in [0, 0.05) is 15.4 Å². The second-order valence-corrected chi connectivity index (χ2v) is 12.5. The van der Waals surface area contributed by atoms with Gasteiger partial charge in [0.25, 0.3) is 5.82 Å². The van der Waals surface area contributed by atoms with Crippen LogP contribution in [0.4, 0.5) is 14.6 Å². The average Bonchev–Trinajstić information content (AvgIpc) is 3.11. The van der Waals surface area contributed by atoms with Crippen LogP contribution in [-0.4, -0.2) is 48.5 Å². The molecule has 11 nitrogen and oxygen atoms in total. The molecule has 2 aliphatic rings. The van der Waals surface area contributed by atoms with Crippen LogP contribution in [0.15, 0.2) is 89.0 Å². The minimum Gasteiger partial charge on any atom is -0.497 e. The molecule has 3 heterocycles. The Hall–Kier alpha value is -4.45. The number of hydrogen-bond acceptors (Lipinski definition) is 9. The van der Waals surface area contributed by atoms with Gasteiger partial charge in [-0.3, -0.25) is 0 Å². The molecule has 49 heavy (non-hydrogen) atoms. The highest BCUT2D eigenvalue weighted by molar-refractivity contribution is 8.00. The Balaban J connectivity index is 1.25. The molecule has 0 spiro atoms. The van der Waals surface area contributed by atoms with E-state index in [4.69, 9.17) is 46.6 Å². The van der Waals surface area contributed by atoms with Gasteiger partial charge in [0.2, 0.25) is 0 Å². The molecule has 2 aliphatic heterocycles. The fourth-order valence-corrected chi connectivity index (χ4v) is 6.87. The van der Waals surface area contributed by atoms with E-state index >= 15 is 8.78 Å². The summed E-state index contributed by atoms with van der Waals surface area (Å²) in [6.07, 6.45) is -1.93. The lowest BCUT2D eigenvalue weighted by Gasteiger charge is -2.48. The van der Waals surface area contributed by atoms with Crippen molar-refractivity contribution in [1.29, 1.82) is 0 Å². The number of halogens is 3. The Bertz CT molecular complexity index is 1840. The maximum absolute atomic E-state index is 15.2. The van der Waals surface area contributed by atoms with E-state index in [1.165, 1.54) is 13.3 Å². The number of azide groups is 1. The quantitative estimate of drug-likeness (QED) is 0.0660. The lowest BCUT2D eigenvalue weighted by Crippen LogP contribution is -2.60. The molecule has 1 aromatic heterocycles. The smallest absolute Gasteiger partial charge is 0.283 e. The van der Waals surface area contributed by atoms with Gasteiger partial charge in [-0.15, -0.1) is 16.7 Å². The van der Waals surface area contributed by atoms with E-state index in [-0.39, 0.29) is 31.2 Å². The van der Waals surface area contributed by atoms with Crippen LogP contribution in [0.5, 0.6) is 11.5 Å². The van der Waals surface area contributed by atoms with Crippen molar-refractivity contribution in [2.45, 2.75) is 54.2 Å². The van der Waals surface area contributed by atoms with Crippen LogP contribution >= 0.6 is 23.4 Å². The number of pyridine rings is 1. The van der Waals surface area contributed by atoms with Gasteiger partial charge in [-0.05, 0) is 47.0 Å². The fourth-order valence-electron chi connectivity index (χ4n) is 5.42. The van der Waals surface area contributed by atoms with E-state index in [9.17, 15) is 5.53 Å². The molecule has 4 aromatic rings. The third kappa shape index (κ3) is 8.07. The molecule has 252 valence electrons. The van der Waals surface area contributed by atoms with Crippen LogP contribution in [0, 0.1) is 18.2 Å². The molecule has 2 fully saturated rings. The number of hydrogen-bond donors (Lipinski definition) is 0. The van der Waals surface area contributed by atoms with Crippen molar-refractivity contribution in [3.8, 4) is 11.5 Å². The van der Waals surface area contributed by atoms with Crippen molar-refractivity contribution in [2.75, 3.05) is 13.7 Å². The maximum atomic E-state index is 15.2. The third-order valence-electron chi connectivity index (χ3n) is 7.76. The predicted octanol–water partition coefficient (Wildman–Crippen LogP) is 8.35. The Morgan fingerprint density at radius 2 is 1.80 bits per heavy atom. The lowest BCUT2D eigenvalue weighted by molar-refractivity contribution is -0.300. The zero-order valence-corrected chi connectivity index (χ0v) is 27.4. The van der Waals surface area contributed by atoms with Crippen LogP contribution in [0.2, 0.25) is 5.02 Å². The molecule has 0 aliphatic carbocycles. The summed E-state index contributed by atoms with van der Waals surface area (Å²) in [6.45, 7) is 7.30. The molecule has 0 bridgehead atoms. The van der Waals surface area contributed by atoms with Crippen molar-refractivity contribution in [3.63, 3.8) is 0 Å². The third-order valence-corrected chi connectivity index (χ3v) is 9.13. The Labute approximate surface area is 289 Å². The number of aromatic nitrogens is 1. The number of methoxy groups -OCH3 is 1. The van der Waals surface area contributed by atoms with E-state index in [1.54, 1.807) is 30.3 Å². The molecule has 0 amide bonds. The summed E-state index contributed by atoms with van der Waals surface area (Å²) < 4.78 is 65.9. The number of thioether (sulfide) groups is 1. The Kier molecular flexibility index (Phi) is 11.1. The van der Waals surface area contributed by atoms with Gasteiger partial charge in [0.05, 0.1) is 31.4 Å². The van der Waals surface area contributed by atoms with Crippen molar-refractivity contribution in [2.24, 2.45) is 5.11 Å². The van der Waals surface area contributed by atoms with Gasteiger partial charge in [-0.25, -0.2) is 8.78 Å². The Morgan fingerprint density at radius 3 is 2.49 bits per heavy atom. The van der Waals surface area contributed by atoms with Crippen LogP contribution < -0.4 is 9.47 Å². The molecule has 3 aromatic carbocycles. The first kappa shape index (κ1) is 34.4. The lowest BCUT2D eigenvalue weighted by atomic mass is 9.96. The zero-order valence-electron chi connectivity index (χ0n) is 25.8. The van der Waals surface area contributed by atoms with Crippen LogP contribution in [-0.2, 0) is 32.2 Å². The van der Waals surface area contributed by atoms with Crippen molar-refractivity contribution >= 4 is 29.2 Å². The number of fused-ring (bicyclic) bond motifs is 1. The summed E-state index contributed by atoms with van der Waals surface area (Å²) in [5.41, 5.74) is 10.3. The monoisotopic (exact) mass is 707 g/mol. The number of nitrogens with zero attached hydrogens (tertiary/aromatic N) is 5. The van der Waals surface area contributed by atoms with Gasteiger partial charge < -0.3 is 33.3 Å². The summed E-state index contributed by atoms with van der Waals surface area (Å²) in [6, 6.07) is 18.9. The highest BCUT2D eigenvalue weighted by Gasteiger charge is 2.50. The second kappa shape index (κ2) is 15.8. The first-order chi connectivity index (χ1) is 23.9. The number of ether oxygens (including phenoxy) is 6. The maximum Gasteiger partial charge on any atom is 0.283 e. The molecular formula is C34H28ClF2N5O6S. The van der Waals surface area contributed by atoms with Gasteiger partial charge in [0.1, 0.15) is 42.3 Å². The summed E-state index contributed by atoms with van der Waals surface area (Å²) in [5, 5.41) is 4.35. The van der Waals surface area contributed by atoms with E-state index in [2.05, 4.69) is 19.9 Å². The fraction of sp³-hybridized carbons (Fsp3) is 0.294. The van der Waals surface area contributed by atoms with Crippen molar-refractivity contribution < 1.29 is 37.2 Å². The SMILES string of the molecule is [C-]#[N+]c1ncc(Cl)cc1S[C@H]1OC2COC(c3ccccc3)O[C@@H]2[C@H](N=[N+]=[N-])C1OCc1cc(F)c(OCc2ccc(OC)cc2)c(F)c1. The molecule has 0 N–H and O–H groups in total. The van der Waals surface area contributed by atoms with E-state index in [0.717, 1.165) is 29.5 Å². The van der Waals surface area contributed by atoms with Gasteiger partial charge in [-0.1, -0.05) is 65.8 Å². The highest BCUT2D eigenvalue weighted by atomic mass is 35.5. The summed E-state index contributed by atoms with van der Waals surface area (Å²) in [4.78, 5) is 11.0. The van der Waals surface area contributed by atoms with Crippen LogP contribution in [0.25, 0.3) is 15.3 Å². The van der Waals surface area contributed by atoms with Crippen LogP contribution in [0.3, 0.4) is 0 Å². The summed E-state index contributed by atoms with van der Waals surface area (Å²) in [5.74, 6) is -1.66. The molecular weight excluding hydrogens is 680 g/mol. The molecule has 2 saturated heterocycles. The molecule has 15 heteroatoms. The zero-order chi connectivity index (χ0) is 34.3. The molecule has 0 radical (unpaired) electrons. The molecule has 0 saturated carbocycles. The highest BCUT2D eigenvalue weighted by Crippen LogP contribution is 2.43. The largest absolute Gasteiger partial charge is 0.497 e. The minimum atomic E-state index is -1.02. The minimum absolute atomic E-state index is 0.0684. The van der Waals surface area contributed by atoms with E-state index < -0.39 is 53.5 Å². The molecule has 3 unspecified atom stereocenters. The summed E-state index contributed by atoms with van der Waals surface area (Å²) in [7, 11) is 1.54. The normalized spacial score (nSPS) is 23.1. The van der Waals surface area contributed by atoms with Gasteiger partial charge >= 0.3 is 0 Å². The van der Waals surface area contributed by atoms with Gasteiger partial charge in [-0.2, -0.15) is 0 Å². The summed E-state index contributed by atoms with van der Waals surface area (Å²) >= 11 is 7.29. The first-order valence-corrected chi connectivity index (χ1v) is 16.2. The molecule has 6 atom stereocenters. The Morgan fingerprint density at radius 1 is 1.04 bits per heavy atom. The first-order valence-electron chi connectivity index (χ1n) is 14.9. The second-order valence-electron chi connectivity index (χ2n) is 10.9. The van der Waals surface area contributed by atoms with Gasteiger partial charge in [0.15, 0.2) is 23.7 Å². The standard InChI is InChI=1S/C34H28ClF2N5O6S/c1-39-32-27(14-22(35)15-40-32)49-34-31(28(41-42-38)30-26(47-34)18-46-33(48-30)21-6-4-3-5-7-21)45-17-20-12-24(36)29(25(37)13-20)44-16-19-8-10-23(43-2)11-9-19/h3-15,26,28,30-31,33-34H,16-18H2,2H3/t26?,28-,30-,31?,33?,34+/m0/s1. The van der Waals surface area contributed by atoms with Crippen molar-refractivity contribution in [1.82, 2.24) is 4.98 Å². The number of benzene rings is 3. The van der Waals surface area contributed by atoms with E-state index in [1.807, 2.05) is 30.3 Å². The predicted molar refractivity (Wildman–Crippen MR) is 175 cm³/mol. The van der Waals surface area contributed by atoms with Crippen LogP contribution in [0.1, 0.15) is 23.0 Å². The topological polar surface area (TPSA) is 121 Å². The number of rotatable bonds is 11. The van der Waals surface area contributed by atoms with E-state index in [0.29, 0.717) is 21.2 Å².